The third-order valence-corrected chi connectivity index (χ3v) is 6.83. The van der Waals surface area contributed by atoms with Crippen LogP contribution in [0.1, 0.15) is 23.4 Å². The number of rotatable bonds is 5. The molecule has 0 radical (unpaired) electrons. The molecule has 5 nitrogen and oxygen atoms in total. The van der Waals surface area contributed by atoms with Crippen LogP contribution in [0, 0.1) is 0 Å². The minimum Gasteiger partial charge on any atom is -0.304 e. The Labute approximate surface area is 166 Å². The summed E-state index contributed by atoms with van der Waals surface area (Å²) in [6, 6.07) is 14.6. The Hall–Kier alpha value is -2.38. The molecule has 0 bridgehead atoms. The monoisotopic (exact) mass is 393 g/mol. The molecular weight excluding hydrogens is 374 g/mol. The van der Waals surface area contributed by atoms with Crippen molar-refractivity contribution in [3.05, 3.63) is 64.8 Å². The van der Waals surface area contributed by atoms with Gasteiger partial charge in [-0.05, 0) is 48.4 Å². The molecule has 0 spiro atoms. The number of thioether (sulfide) groups is 1. The van der Waals surface area contributed by atoms with Gasteiger partial charge in [-0.15, -0.1) is 21.5 Å². The van der Waals surface area contributed by atoms with Crippen LogP contribution in [0.4, 0.5) is 0 Å². The Kier molecular flexibility index (Phi) is 4.33. The topological polar surface area (TPSA) is 48.5 Å². The molecular formula is C20H19N5S2. The van der Waals surface area contributed by atoms with E-state index in [0.717, 1.165) is 40.1 Å². The number of thiophene rings is 1. The zero-order valence-electron chi connectivity index (χ0n) is 15.0. The maximum Gasteiger partial charge on any atom is 0.191 e. The second-order valence-corrected chi connectivity index (χ2v) is 8.49. The van der Waals surface area contributed by atoms with E-state index < -0.39 is 0 Å². The standard InChI is InChI=1S/C20H19N5S2/c1-24-19(18-11-6-12-26-18)21-22-20(24)27-13-16-15-9-5-10-17(15)25(23-16)14-7-3-2-4-8-14/h2-4,6-8,11-12H,5,9-10,13H2,1H3. The smallest absolute Gasteiger partial charge is 0.191 e. The van der Waals surface area contributed by atoms with Crippen LogP contribution in [-0.2, 0) is 25.6 Å². The van der Waals surface area contributed by atoms with Crippen molar-refractivity contribution in [3.63, 3.8) is 0 Å². The summed E-state index contributed by atoms with van der Waals surface area (Å²) in [5.74, 6) is 1.74. The van der Waals surface area contributed by atoms with E-state index in [1.54, 1.807) is 23.1 Å². The van der Waals surface area contributed by atoms with Crippen LogP contribution in [0.15, 0.2) is 53.0 Å². The highest BCUT2D eigenvalue weighted by Gasteiger charge is 2.23. The zero-order chi connectivity index (χ0) is 18.2. The molecule has 0 aliphatic heterocycles. The highest BCUT2D eigenvalue weighted by atomic mass is 32.2. The van der Waals surface area contributed by atoms with Crippen LogP contribution in [-0.4, -0.2) is 24.5 Å². The summed E-state index contributed by atoms with van der Waals surface area (Å²) in [7, 11) is 2.03. The Morgan fingerprint density at radius 1 is 1.07 bits per heavy atom. The summed E-state index contributed by atoms with van der Waals surface area (Å²) in [4.78, 5) is 1.14. The molecule has 27 heavy (non-hydrogen) atoms. The van der Waals surface area contributed by atoms with E-state index in [1.165, 1.54) is 23.4 Å². The van der Waals surface area contributed by atoms with E-state index in [9.17, 15) is 0 Å². The Morgan fingerprint density at radius 2 is 1.96 bits per heavy atom. The van der Waals surface area contributed by atoms with Crippen molar-refractivity contribution in [1.29, 1.82) is 0 Å². The summed E-state index contributed by atoms with van der Waals surface area (Å²) in [5.41, 5.74) is 5.11. The average Bonchev–Trinajstić information content (AvgIpc) is 3.46. The van der Waals surface area contributed by atoms with Gasteiger partial charge in [0.05, 0.1) is 16.3 Å². The van der Waals surface area contributed by atoms with Gasteiger partial charge in [-0.1, -0.05) is 36.0 Å². The van der Waals surface area contributed by atoms with Crippen molar-refractivity contribution in [2.45, 2.75) is 30.2 Å². The Morgan fingerprint density at radius 3 is 2.78 bits per heavy atom. The van der Waals surface area contributed by atoms with Gasteiger partial charge in [0.1, 0.15) is 0 Å². The SMILES string of the molecule is Cn1c(SCc2nn(-c3ccccc3)c3c2CCC3)nnc1-c1cccs1. The van der Waals surface area contributed by atoms with Crippen molar-refractivity contribution in [2.24, 2.45) is 7.05 Å². The molecule has 0 saturated heterocycles. The molecule has 1 aromatic carbocycles. The van der Waals surface area contributed by atoms with Crippen molar-refractivity contribution < 1.29 is 0 Å². The molecule has 3 aromatic heterocycles. The number of nitrogens with zero attached hydrogens (tertiary/aromatic N) is 5. The predicted molar refractivity (Wildman–Crippen MR) is 109 cm³/mol. The largest absolute Gasteiger partial charge is 0.304 e. The summed E-state index contributed by atoms with van der Waals surface area (Å²) in [6.45, 7) is 0. The lowest BCUT2D eigenvalue weighted by atomic mass is 10.2. The Balaban J connectivity index is 1.41. The highest BCUT2D eigenvalue weighted by Crippen LogP contribution is 2.32. The number of aromatic nitrogens is 5. The van der Waals surface area contributed by atoms with Crippen LogP contribution in [0.3, 0.4) is 0 Å². The lowest BCUT2D eigenvalue weighted by Gasteiger charge is -2.04. The fourth-order valence-corrected chi connectivity index (χ4v) is 5.23. The lowest BCUT2D eigenvalue weighted by molar-refractivity contribution is 0.769. The maximum atomic E-state index is 4.94. The zero-order valence-corrected chi connectivity index (χ0v) is 16.6. The van der Waals surface area contributed by atoms with Gasteiger partial charge >= 0.3 is 0 Å². The molecule has 1 aliphatic carbocycles. The van der Waals surface area contributed by atoms with Gasteiger partial charge in [-0.25, -0.2) is 4.68 Å². The van der Waals surface area contributed by atoms with E-state index in [0.29, 0.717) is 0 Å². The van der Waals surface area contributed by atoms with Gasteiger partial charge in [-0.2, -0.15) is 5.10 Å². The molecule has 7 heteroatoms. The van der Waals surface area contributed by atoms with Gasteiger partial charge in [-0.3, -0.25) is 0 Å². The molecule has 136 valence electrons. The molecule has 5 rings (SSSR count). The maximum absolute atomic E-state index is 4.94. The number of fused-ring (bicyclic) bond motifs is 1. The third-order valence-electron chi connectivity index (χ3n) is 4.93. The van der Waals surface area contributed by atoms with Crippen molar-refractivity contribution in [3.8, 4) is 16.4 Å². The van der Waals surface area contributed by atoms with Gasteiger partial charge in [0.2, 0.25) is 0 Å². The van der Waals surface area contributed by atoms with Gasteiger partial charge in [0.25, 0.3) is 0 Å². The fourth-order valence-electron chi connectivity index (χ4n) is 3.61. The van der Waals surface area contributed by atoms with Crippen LogP contribution >= 0.6 is 23.1 Å². The molecule has 0 saturated carbocycles. The predicted octanol–water partition coefficient (Wildman–Crippen LogP) is 4.51. The molecule has 0 N–H and O–H groups in total. The first-order valence-corrected chi connectivity index (χ1v) is 10.9. The minimum atomic E-state index is 0.818. The molecule has 1 aliphatic rings. The minimum absolute atomic E-state index is 0.818. The van der Waals surface area contributed by atoms with Gasteiger partial charge < -0.3 is 4.57 Å². The van der Waals surface area contributed by atoms with E-state index in [4.69, 9.17) is 5.10 Å². The lowest BCUT2D eigenvalue weighted by Crippen LogP contribution is -2.01. The molecule has 0 amide bonds. The summed E-state index contributed by atoms with van der Waals surface area (Å²) in [5, 5.41) is 16.7. The number of benzene rings is 1. The molecule has 4 aromatic rings. The quantitative estimate of drug-likeness (QED) is 0.468. The number of para-hydroxylation sites is 1. The second kappa shape index (κ2) is 6.98. The third kappa shape index (κ3) is 3.00. The van der Waals surface area contributed by atoms with Crippen molar-refractivity contribution >= 4 is 23.1 Å². The van der Waals surface area contributed by atoms with Crippen LogP contribution in [0.5, 0.6) is 0 Å². The first-order valence-electron chi connectivity index (χ1n) is 9.02. The highest BCUT2D eigenvalue weighted by molar-refractivity contribution is 7.98. The van der Waals surface area contributed by atoms with Gasteiger partial charge in [0.15, 0.2) is 11.0 Å². The Bertz CT molecular complexity index is 1060. The van der Waals surface area contributed by atoms with Crippen LogP contribution in [0.25, 0.3) is 16.4 Å². The van der Waals surface area contributed by atoms with Crippen LogP contribution in [0.2, 0.25) is 0 Å². The fraction of sp³-hybridized carbons (Fsp3) is 0.250. The normalized spacial score (nSPS) is 13.2. The molecule has 0 fully saturated rings. The van der Waals surface area contributed by atoms with Crippen molar-refractivity contribution in [2.75, 3.05) is 0 Å². The van der Waals surface area contributed by atoms with E-state index in [-0.39, 0.29) is 0 Å². The molecule has 3 heterocycles. The first-order chi connectivity index (χ1) is 13.3. The average molecular weight is 394 g/mol. The summed E-state index contributed by atoms with van der Waals surface area (Å²) in [6.07, 6.45) is 3.44. The van der Waals surface area contributed by atoms with E-state index >= 15 is 0 Å². The molecule has 0 atom stereocenters. The summed E-state index contributed by atoms with van der Waals surface area (Å²) < 4.78 is 4.21. The first kappa shape index (κ1) is 16.8. The van der Waals surface area contributed by atoms with Crippen LogP contribution < -0.4 is 0 Å². The van der Waals surface area contributed by atoms with E-state index in [2.05, 4.69) is 55.2 Å². The van der Waals surface area contributed by atoms with Gasteiger partial charge in [0, 0.05) is 18.5 Å². The van der Waals surface area contributed by atoms with Crippen molar-refractivity contribution in [1.82, 2.24) is 24.5 Å². The number of hydrogen-bond acceptors (Lipinski definition) is 5. The van der Waals surface area contributed by atoms with E-state index in [1.807, 2.05) is 19.2 Å². The summed E-state index contributed by atoms with van der Waals surface area (Å²) >= 11 is 3.40. The molecule has 0 unspecified atom stereocenters. The second-order valence-electron chi connectivity index (χ2n) is 6.60. The number of hydrogen-bond donors (Lipinski definition) is 0.